The predicted octanol–water partition coefficient (Wildman–Crippen LogP) is 3.37. The van der Waals surface area contributed by atoms with Crippen molar-refractivity contribution in [1.29, 1.82) is 0 Å². The molecular formula is C17H15ClN4O. The van der Waals surface area contributed by atoms with E-state index in [0.717, 1.165) is 16.8 Å². The maximum absolute atomic E-state index is 12.4. The molecule has 0 saturated carbocycles. The highest BCUT2D eigenvalue weighted by Gasteiger charge is 2.15. The van der Waals surface area contributed by atoms with Gasteiger partial charge in [0.05, 0.1) is 11.9 Å². The number of carbonyl (C=O) groups is 1. The minimum Gasteiger partial charge on any atom is -0.295 e. The summed E-state index contributed by atoms with van der Waals surface area (Å²) in [6.07, 6.45) is 3.40. The molecule has 116 valence electrons. The summed E-state index contributed by atoms with van der Waals surface area (Å²) < 4.78 is 1.76. The van der Waals surface area contributed by atoms with Crippen molar-refractivity contribution >= 4 is 29.4 Å². The van der Waals surface area contributed by atoms with E-state index in [2.05, 4.69) is 15.5 Å². The number of rotatable bonds is 3. The lowest BCUT2D eigenvalue weighted by molar-refractivity contribution is 0.0948. The lowest BCUT2D eigenvalue weighted by atomic mass is 10.2. The van der Waals surface area contributed by atoms with Gasteiger partial charge in [-0.1, -0.05) is 23.7 Å². The molecule has 0 fully saturated rings. The number of halogens is 1. The van der Waals surface area contributed by atoms with Crippen LogP contribution in [0.1, 0.15) is 27.3 Å². The van der Waals surface area contributed by atoms with Crippen molar-refractivity contribution in [2.75, 3.05) is 0 Å². The zero-order valence-electron chi connectivity index (χ0n) is 12.7. The summed E-state index contributed by atoms with van der Waals surface area (Å²) in [5, 5.41) is 4.64. The van der Waals surface area contributed by atoms with E-state index in [9.17, 15) is 4.79 Å². The number of hydrazone groups is 1. The molecule has 5 nitrogen and oxygen atoms in total. The Labute approximate surface area is 138 Å². The first-order valence-corrected chi connectivity index (χ1v) is 7.46. The molecule has 0 unspecified atom stereocenters. The van der Waals surface area contributed by atoms with Crippen LogP contribution >= 0.6 is 11.6 Å². The van der Waals surface area contributed by atoms with Crippen LogP contribution in [0.25, 0.3) is 5.65 Å². The molecule has 0 spiro atoms. The standard InChI is InChI=1S/C17H15ClN4O/c1-11-7-8-22-15(9-11)20-12(2)16(22)17(23)21-19-10-13-3-5-14(18)6-4-13/h3-10H,1-2H3,(H,21,23)/b19-10-. The van der Waals surface area contributed by atoms with Crippen LogP contribution in [0.3, 0.4) is 0 Å². The molecule has 0 bridgehead atoms. The molecule has 1 N–H and O–H groups in total. The van der Waals surface area contributed by atoms with E-state index in [4.69, 9.17) is 11.6 Å². The first kappa shape index (κ1) is 15.2. The van der Waals surface area contributed by atoms with Gasteiger partial charge < -0.3 is 0 Å². The summed E-state index contributed by atoms with van der Waals surface area (Å²) in [7, 11) is 0. The number of benzene rings is 1. The second kappa shape index (κ2) is 6.22. The number of aromatic nitrogens is 2. The minimum absolute atomic E-state index is 0.302. The van der Waals surface area contributed by atoms with Gasteiger partial charge in [-0.15, -0.1) is 0 Å². The average molecular weight is 327 g/mol. The zero-order valence-corrected chi connectivity index (χ0v) is 13.5. The first-order valence-electron chi connectivity index (χ1n) is 7.09. The highest BCUT2D eigenvalue weighted by atomic mass is 35.5. The van der Waals surface area contributed by atoms with Crippen LogP contribution in [0, 0.1) is 13.8 Å². The summed E-state index contributed by atoms with van der Waals surface area (Å²) >= 11 is 5.82. The summed E-state index contributed by atoms with van der Waals surface area (Å²) in [4.78, 5) is 16.8. The number of imidazole rings is 1. The molecule has 2 aromatic heterocycles. The fraction of sp³-hybridized carbons (Fsp3) is 0.118. The average Bonchev–Trinajstić information content (AvgIpc) is 2.84. The first-order chi connectivity index (χ1) is 11.0. The largest absolute Gasteiger partial charge is 0.295 e. The van der Waals surface area contributed by atoms with E-state index >= 15 is 0 Å². The number of nitrogens with zero attached hydrogens (tertiary/aromatic N) is 3. The third kappa shape index (κ3) is 3.24. The van der Waals surface area contributed by atoms with Crippen LogP contribution in [0.5, 0.6) is 0 Å². The maximum atomic E-state index is 12.4. The summed E-state index contributed by atoms with van der Waals surface area (Å²) in [5.41, 5.74) is 6.36. The quantitative estimate of drug-likeness (QED) is 0.592. The SMILES string of the molecule is Cc1ccn2c(C(=O)N/N=C\c3ccc(Cl)cc3)c(C)nc2c1. The summed E-state index contributed by atoms with van der Waals surface area (Å²) in [5.74, 6) is -0.302. The second-order valence-corrected chi connectivity index (χ2v) is 5.67. The van der Waals surface area contributed by atoms with Gasteiger partial charge in [0.2, 0.25) is 0 Å². The van der Waals surface area contributed by atoms with E-state index in [1.807, 2.05) is 37.4 Å². The van der Waals surface area contributed by atoms with Crippen molar-refractivity contribution in [3.8, 4) is 0 Å². The molecule has 1 aromatic carbocycles. The molecule has 0 aliphatic rings. The Morgan fingerprint density at radius 1 is 1.26 bits per heavy atom. The predicted molar refractivity (Wildman–Crippen MR) is 91.2 cm³/mol. The lowest BCUT2D eigenvalue weighted by Gasteiger charge is -2.02. The Kier molecular flexibility index (Phi) is 4.12. The van der Waals surface area contributed by atoms with Gasteiger partial charge >= 0.3 is 0 Å². The Morgan fingerprint density at radius 2 is 2.00 bits per heavy atom. The molecule has 2 heterocycles. The Bertz CT molecular complexity index is 897. The van der Waals surface area contributed by atoms with Crippen LogP contribution in [0.15, 0.2) is 47.7 Å². The third-order valence-corrected chi connectivity index (χ3v) is 3.67. The zero-order chi connectivity index (χ0) is 16.4. The minimum atomic E-state index is -0.302. The van der Waals surface area contributed by atoms with Crippen LogP contribution < -0.4 is 5.43 Å². The molecule has 0 atom stereocenters. The maximum Gasteiger partial charge on any atom is 0.290 e. The molecular weight excluding hydrogens is 312 g/mol. The van der Waals surface area contributed by atoms with Crippen molar-refractivity contribution in [1.82, 2.24) is 14.8 Å². The summed E-state index contributed by atoms with van der Waals surface area (Å²) in [6.45, 7) is 3.79. The monoisotopic (exact) mass is 326 g/mol. The normalized spacial score (nSPS) is 11.3. The molecule has 0 aliphatic heterocycles. The fourth-order valence-electron chi connectivity index (χ4n) is 2.31. The van der Waals surface area contributed by atoms with Gasteiger partial charge in [0.15, 0.2) is 0 Å². The van der Waals surface area contributed by atoms with E-state index in [1.165, 1.54) is 0 Å². The van der Waals surface area contributed by atoms with Crippen molar-refractivity contribution in [2.45, 2.75) is 13.8 Å². The Hall–Kier alpha value is -2.66. The Balaban J connectivity index is 1.81. The van der Waals surface area contributed by atoms with Crippen molar-refractivity contribution in [3.05, 3.63) is 70.1 Å². The fourth-order valence-corrected chi connectivity index (χ4v) is 2.43. The number of nitrogens with one attached hydrogen (secondary N) is 1. The number of amides is 1. The molecule has 0 aliphatic carbocycles. The number of hydrogen-bond acceptors (Lipinski definition) is 3. The van der Waals surface area contributed by atoms with Gasteiger partial charge in [0.1, 0.15) is 11.3 Å². The highest BCUT2D eigenvalue weighted by molar-refractivity contribution is 6.30. The molecule has 0 radical (unpaired) electrons. The van der Waals surface area contributed by atoms with Crippen molar-refractivity contribution < 1.29 is 4.79 Å². The van der Waals surface area contributed by atoms with Gasteiger partial charge in [-0.2, -0.15) is 5.10 Å². The van der Waals surface area contributed by atoms with Gasteiger partial charge in [0.25, 0.3) is 5.91 Å². The number of fused-ring (bicyclic) bond motifs is 1. The highest BCUT2D eigenvalue weighted by Crippen LogP contribution is 2.13. The lowest BCUT2D eigenvalue weighted by Crippen LogP contribution is -2.20. The van der Waals surface area contributed by atoms with E-state index in [-0.39, 0.29) is 5.91 Å². The molecule has 1 amide bonds. The van der Waals surface area contributed by atoms with E-state index < -0.39 is 0 Å². The number of carbonyl (C=O) groups excluding carboxylic acids is 1. The molecule has 3 aromatic rings. The number of pyridine rings is 1. The van der Waals surface area contributed by atoms with Gasteiger partial charge in [-0.05, 0) is 49.2 Å². The molecule has 6 heteroatoms. The van der Waals surface area contributed by atoms with Gasteiger partial charge in [-0.25, -0.2) is 10.4 Å². The summed E-state index contributed by atoms with van der Waals surface area (Å²) in [6, 6.07) is 11.0. The smallest absolute Gasteiger partial charge is 0.290 e. The number of hydrogen-bond donors (Lipinski definition) is 1. The van der Waals surface area contributed by atoms with Crippen LogP contribution in [-0.2, 0) is 0 Å². The molecule has 3 rings (SSSR count). The Morgan fingerprint density at radius 3 is 2.74 bits per heavy atom. The third-order valence-electron chi connectivity index (χ3n) is 3.42. The van der Waals surface area contributed by atoms with Crippen LogP contribution in [-0.4, -0.2) is 21.5 Å². The van der Waals surface area contributed by atoms with Gasteiger partial charge in [-0.3, -0.25) is 9.20 Å². The van der Waals surface area contributed by atoms with E-state index in [1.54, 1.807) is 29.7 Å². The second-order valence-electron chi connectivity index (χ2n) is 5.23. The van der Waals surface area contributed by atoms with Crippen molar-refractivity contribution in [2.24, 2.45) is 5.10 Å². The van der Waals surface area contributed by atoms with Crippen LogP contribution in [0.4, 0.5) is 0 Å². The topological polar surface area (TPSA) is 58.8 Å². The molecule has 0 saturated heterocycles. The number of aryl methyl sites for hydroxylation is 2. The van der Waals surface area contributed by atoms with Crippen LogP contribution in [0.2, 0.25) is 5.02 Å². The van der Waals surface area contributed by atoms with Crippen molar-refractivity contribution in [3.63, 3.8) is 0 Å². The van der Waals surface area contributed by atoms with Gasteiger partial charge in [0, 0.05) is 11.2 Å². The molecule has 23 heavy (non-hydrogen) atoms. The van der Waals surface area contributed by atoms with E-state index in [0.29, 0.717) is 16.4 Å².